The topological polar surface area (TPSA) is 77.3 Å². The molecule has 24 heavy (non-hydrogen) atoms. The van der Waals surface area contributed by atoms with Crippen LogP contribution in [0, 0.1) is 5.92 Å². The average Bonchev–Trinajstić information content (AvgIpc) is 2.99. The Balaban J connectivity index is 1.84. The maximum Gasteiger partial charge on any atom is 0.277 e. The van der Waals surface area contributed by atoms with Crippen LogP contribution in [0.15, 0.2) is 33.9 Å². The standard InChI is InChI=1S/C17H23N3O3S/c1-11(2)15(21)18-9-10-22-14-7-5-13(6-8-14)16-19-20-17(23-16)24-12(3)4/h5-8,11-12H,9-10H2,1-4H3,(H,18,21). The van der Waals surface area contributed by atoms with Crippen LogP contribution in [0.4, 0.5) is 0 Å². The Kier molecular flexibility index (Phi) is 6.66. The molecule has 6 nitrogen and oxygen atoms in total. The number of nitrogens with zero attached hydrogens (tertiary/aromatic N) is 2. The molecule has 0 atom stereocenters. The van der Waals surface area contributed by atoms with Gasteiger partial charge in [0.2, 0.25) is 11.8 Å². The number of hydrogen-bond donors (Lipinski definition) is 1. The van der Waals surface area contributed by atoms with E-state index in [1.165, 1.54) is 11.8 Å². The van der Waals surface area contributed by atoms with Gasteiger partial charge in [0.25, 0.3) is 5.22 Å². The van der Waals surface area contributed by atoms with E-state index < -0.39 is 0 Å². The quantitative estimate of drug-likeness (QED) is 0.581. The average molecular weight is 349 g/mol. The zero-order chi connectivity index (χ0) is 17.5. The van der Waals surface area contributed by atoms with Gasteiger partial charge in [-0.1, -0.05) is 39.5 Å². The molecular weight excluding hydrogens is 326 g/mol. The van der Waals surface area contributed by atoms with Crippen LogP contribution in [0.25, 0.3) is 11.5 Å². The van der Waals surface area contributed by atoms with E-state index in [-0.39, 0.29) is 11.8 Å². The van der Waals surface area contributed by atoms with Crippen molar-refractivity contribution in [1.82, 2.24) is 15.5 Å². The molecule has 0 unspecified atom stereocenters. The Morgan fingerprint density at radius 3 is 2.54 bits per heavy atom. The Labute approximate surface area is 146 Å². The first-order chi connectivity index (χ1) is 11.5. The molecule has 2 aromatic rings. The normalized spacial score (nSPS) is 11.1. The molecule has 0 saturated heterocycles. The van der Waals surface area contributed by atoms with Crippen molar-refractivity contribution < 1.29 is 13.9 Å². The minimum absolute atomic E-state index is 0.0163. The van der Waals surface area contributed by atoms with Crippen molar-refractivity contribution in [3.63, 3.8) is 0 Å². The van der Waals surface area contributed by atoms with Crippen molar-refractivity contribution in [2.45, 2.75) is 38.2 Å². The van der Waals surface area contributed by atoms with Crippen molar-refractivity contribution in [2.24, 2.45) is 5.92 Å². The molecular formula is C17H23N3O3S. The van der Waals surface area contributed by atoms with E-state index in [1.54, 1.807) is 0 Å². The highest BCUT2D eigenvalue weighted by Crippen LogP contribution is 2.26. The van der Waals surface area contributed by atoms with Gasteiger partial charge in [0.05, 0.1) is 6.54 Å². The summed E-state index contributed by atoms with van der Waals surface area (Å²) in [7, 11) is 0. The molecule has 1 aromatic heterocycles. The lowest BCUT2D eigenvalue weighted by molar-refractivity contribution is -0.124. The molecule has 130 valence electrons. The fourth-order valence-electron chi connectivity index (χ4n) is 1.82. The molecule has 0 bridgehead atoms. The van der Waals surface area contributed by atoms with Gasteiger partial charge in [-0.2, -0.15) is 0 Å². The number of carbonyl (C=O) groups excluding carboxylic acids is 1. The van der Waals surface area contributed by atoms with Crippen LogP contribution in [0.5, 0.6) is 5.75 Å². The molecule has 2 rings (SSSR count). The predicted octanol–water partition coefficient (Wildman–Crippen LogP) is 3.39. The van der Waals surface area contributed by atoms with Crippen LogP contribution in [0.1, 0.15) is 27.7 Å². The molecule has 0 radical (unpaired) electrons. The molecule has 1 amide bonds. The van der Waals surface area contributed by atoms with E-state index in [2.05, 4.69) is 29.4 Å². The molecule has 1 aromatic carbocycles. The maximum absolute atomic E-state index is 11.4. The molecule has 7 heteroatoms. The minimum Gasteiger partial charge on any atom is -0.492 e. The third-order valence-electron chi connectivity index (χ3n) is 3.04. The largest absolute Gasteiger partial charge is 0.492 e. The van der Waals surface area contributed by atoms with Crippen LogP contribution >= 0.6 is 11.8 Å². The SMILES string of the molecule is CC(C)Sc1nnc(-c2ccc(OCCNC(=O)C(C)C)cc2)o1. The number of aromatic nitrogens is 2. The third-order valence-corrected chi connectivity index (χ3v) is 3.88. The Hall–Kier alpha value is -2.02. The van der Waals surface area contributed by atoms with Crippen LogP contribution in [0.3, 0.4) is 0 Å². The van der Waals surface area contributed by atoms with Gasteiger partial charge in [0.15, 0.2) is 0 Å². The van der Waals surface area contributed by atoms with Crippen molar-refractivity contribution in [3.05, 3.63) is 24.3 Å². The summed E-state index contributed by atoms with van der Waals surface area (Å²) in [6.07, 6.45) is 0. The van der Waals surface area contributed by atoms with Crippen LogP contribution in [-0.2, 0) is 4.79 Å². The second kappa shape index (κ2) is 8.73. The van der Waals surface area contributed by atoms with E-state index in [9.17, 15) is 4.79 Å². The Morgan fingerprint density at radius 2 is 1.92 bits per heavy atom. The first-order valence-corrected chi connectivity index (χ1v) is 8.84. The van der Waals surface area contributed by atoms with E-state index in [0.29, 0.717) is 29.5 Å². The van der Waals surface area contributed by atoms with Gasteiger partial charge in [0.1, 0.15) is 12.4 Å². The lowest BCUT2D eigenvalue weighted by atomic mass is 10.2. The summed E-state index contributed by atoms with van der Waals surface area (Å²) in [5, 5.41) is 11.8. The maximum atomic E-state index is 11.4. The molecule has 0 fully saturated rings. The summed E-state index contributed by atoms with van der Waals surface area (Å²) in [6.45, 7) is 8.77. The number of nitrogens with one attached hydrogen (secondary N) is 1. The van der Waals surface area contributed by atoms with Gasteiger partial charge in [-0.3, -0.25) is 4.79 Å². The van der Waals surface area contributed by atoms with E-state index in [0.717, 1.165) is 11.3 Å². The second-order valence-electron chi connectivity index (χ2n) is 5.86. The summed E-state index contributed by atoms with van der Waals surface area (Å²) in [4.78, 5) is 11.4. The van der Waals surface area contributed by atoms with Crippen molar-refractivity contribution in [3.8, 4) is 17.2 Å². The highest BCUT2D eigenvalue weighted by molar-refractivity contribution is 7.99. The number of amides is 1. The monoisotopic (exact) mass is 349 g/mol. The predicted molar refractivity (Wildman–Crippen MR) is 94.1 cm³/mol. The Morgan fingerprint density at radius 1 is 1.21 bits per heavy atom. The van der Waals surface area contributed by atoms with Gasteiger partial charge >= 0.3 is 0 Å². The van der Waals surface area contributed by atoms with E-state index in [4.69, 9.17) is 9.15 Å². The molecule has 0 spiro atoms. The summed E-state index contributed by atoms with van der Waals surface area (Å²) >= 11 is 1.54. The second-order valence-corrected chi connectivity index (χ2v) is 7.39. The van der Waals surface area contributed by atoms with Gasteiger partial charge in [-0.15, -0.1) is 10.2 Å². The van der Waals surface area contributed by atoms with Crippen molar-refractivity contribution in [2.75, 3.05) is 13.2 Å². The molecule has 1 N–H and O–H groups in total. The van der Waals surface area contributed by atoms with Crippen LogP contribution in [0.2, 0.25) is 0 Å². The third kappa shape index (κ3) is 5.56. The molecule has 0 aliphatic heterocycles. The molecule has 0 saturated carbocycles. The molecule has 1 heterocycles. The van der Waals surface area contributed by atoms with Crippen LogP contribution in [-0.4, -0.2) is 34.5 Å². The number of thioether (sulfide) groups is 1. The summed E-state index contributed by atoms with van der Waals surface area (Å²) < 4.78 is 11.2. The van der Waals surface area contributed by atoms with E-state index in [1.807, 2.05) is 38.1 Å². The summed E-state index contributed by atoms with van der Waals surface area (Å²) in [5.41, 5.74) is 0.846. The van der Waals surface area contributed by atoms with Crippen molar-refractivity contribution in [1.29, 1.82) is 0 Å². The van der Waals surface area contributed by atoms with Gasteiger partial charge < -0.3 is 14.5 Å². The van der Waals surface area contributed by atoms with Gasteiger partial charge in [-0.25, -0.2) is 0 Å². The zero-order valence-electron chi connectivity index (χ0n) is 14.4. The smallest absolute Gasteiger partial charge is 0.277 e. The van der Waals surface area contributed by atoms with Crippen molar-refractivity contribution >= 4 is 17.7 Å². The molecule has 0 aliphatic carbocycles. The summed E-state index contributed by atoms with van der Waals surface area (Å²) in [5.74, 6) is 1.24. The minimum atomic E-state index is -0.0163. The Bertz CT molecular complexity index is 653. The zero-order valence-corrected chi connectivity index (χ0v) is 15.2. The van der Waals surface area contributed by atoms with Gasteiger partial charge in [0, 0.05) is 16.7 Å². The number of ether oxygens (including phenoxy) is 1. The number of carbonyl (C=O) groups is 1. The van der Waals surface area contributed by atoms with Crippen LogP contribution < -0.4 is 10.1 Å². The van der Waals surface area contributed by atoms with E-state index >= 15 is 0 Å². The highest BCUT2D eigenvalue weighted by Gasteiger charge is 2.10. The summed E-state index contributed by atoms with van der Waals surface area (Å²) in [6, 6.07) is 7.44. The highest BCUT2D eigenvalue weighted by atomic mass is 32.2. The number of hydrogen-bond acceptors (Lipinski definition) is 6. The lowest BCUT2D eigenvalue weighted by Crippen LogP contribution is -2.31. The molecule has 0 aliphatic rings. The first-order valence-electron chi connectivity index (χ1n) is 7.97. The van der Waals surface area contributed by atoms with Gasteiger partial charge in [-0.05, 0) is 24.3 Å². The fourth-order valence-corrected chi connectivity index (χ4v) is 2.43. The number of rotatable bonds is 8. The first kappa shape index (κ1) is 18.3. The lowest BCUT2D eigenvalue weighted by Gasteiger charge is -2.09. The fraction of sp³-hybridized carbons (Fsp3) is 0.471. The number of benzene rings is 1.